The third-order valence-electron chi connectivity index (χ3n) is 1.59. The first-order valence-corrected chi connectivity index (χ1v) is 3.96. The van der Waals surface area contributed by atoms with Crippen LogP contribution < -0.4 is 10.3 Å². The molecule has 1 aromatic rings. The van der Waals surface area contributed by atoms with Crippen LogP contribution in [0.1, 0.15) is 10.5 Å². The second-order valence-corrected chi connectivity index (χ2v) is 2.69. The summed E-state index contributed by atoms with van der Waals surface area (Å²) in [4.78, 5) is 31.9. The minimum Gasteiger partial charge on any atom is -0.479 e. The molecule has 0 aliphatic heterocycles. The van der Waals surface area contributed by atoms with Crippen LogP contribution in [0.25, 0.3) is 0 Å². The maximum Gasteiger partial charge on any atom is 0.356 e. The van der Waals surface area contributed by atoms with Gasteiger partial charge in [-0.25, -0.2) is 9.59 Å². The smallest absolute Gasteiger partial charge is 0.356 e. The Morgan fingerprint density at radius 1 is 1.31 bits per heavy atom. The van der Waals surface area contributed by atoms with Gasteiger partial charge < -0.3 is 20.2 Å². The summed E-state index contributed by atoms with van der Waals surface area (Å²) in [5.41, 5.74) is -1.78. The van der Waals surface area contributed by atoms with Crippen LogP contribution in [0.2, 0.25) is 0 Å². The predicted molar refractivity (Wildman–Crippen MR) is 48.0 cm³/mol. The second-order valence-electron chi connectivity index (χ2n) is 2.69. The van der Waals surface area contributed by atoms with Crippen LogP contribution in [0, 0.1) is 0 Å². The highest BCUT2D eigenvalue weighted by atomic mass is 16.5. The number of ether oxygens (including phenoxy) is 1. The van der Waals surface area contributed by atoms with E-state index in [1.54, 1.807) is 0 Å². The number of aromatic carboxylic acids is 1. The summed E-state index contributed by atoms with van der Waals surface area (Å²) in [6, 6.07) is 1.89. The number of hydrogen-bond donors (Lipinski definition) is 3. The largest absolute Gasteiger partial charge is 0.479 e. The lowest BCUT2D eigenvalue weighted by Gasteiger charge is -2.05. The number of hydrogen-bond acceptors (Lipinski definition) is 5. The van der Waals surface area contributed by atoms with Gasteiger partial charge in [-0.15, -0.1) is 4.73 Å². The number of carbonyl (C=O) groups is 2. The van der Waals surface area contributed by atoms with E-state index in [9.17, 15) is 14.4 Å². The monoisotopic (exact) mass is 229 g/mol. The number of carboxylic acids is 2. The summed E-state index contributed by atoms with van der Waals surface area (Å²) < 4.78 is 4.40. The van der Waals surface area contributed by atoms with Gasteiger partial charge in [0, 0.05) is 0 Å². The van der Waals surface area contributed by atoms with Crippen LogP contribution in [0.4, 0.5) is 0 Å². The molecule has 0 aromatic carbocycles. The number of nitrogens with zero attached hydrogens (tertiary/aromatic N) is 1. The predicted octanol–water partition coefficient (Wildman–Crippen LogP) is -0.753. The van der Waals surface area contributed by atoms with Crippen molar-refractivity contribution < 1.29 is 29.7 Å². The Hall–Kier alpha value is -2.51. The maximum atomic E-state index is 11.2. The Labute approximate surface area is 87.9 Å². The molecule has 0 saturated carbocycles. The van der Waals surface area contributed by atoms with E-state index in [1.165, 1.54) is 0 Å². The summed E-state index contributed by atoms with van der Waals surface area (Å²) in [5.74, 6) is -3.24. The summed E-state index contributed by atoms with van der Waals surface area (Å²) >= 11 is 0. The summed E-state index contributed by atoms with van der Waals surface area (Å²) in [6.07, 6.45) is 0. The van der Waals surface area contributed by atoms with Gasteiger partial charge in [-0.05, 0) is 12.1 Å². The van der Waals surface area contributed by atoms with E-state index in [2.05, 4.69) is 4.74 Å². The van der Waals surface area contributed by atoms with Gasteiger partial charge in [-0.3, -0.25) is 4.79 Å². The molecule has 8 heteroatoms. The van der Waals surface area contributed by atoms with E-state index in [-0.39, 0.29) is 4.73 Å². The zero-order valence-electron chi connectivity index (χ0n) is 7.78. The lowest BCUT2D eigenvalue weighted by Crippen LogP contribution is -2.26. The highest BCUT2D eigenvalue weighted by molar-refractivity contribution is 5.85. The maximum absolute atomic E-state index is 11.2. The summed E-state index contributed by atoms with van der Waals surface area (Å²) in [5, 5.41) is 25.9. The van der Waals surface area contributed by atoms with Crippen LogP contribution in [-0.4, -0.2) is 38.7 Å². The van der Waals surface area contributed by atoms with Gasteiger partial charge >= 0.3 is 17.5 Å². The van der Waals surface area contributed by atoms with Crippen LogP contribution in [-0.2, 0) is 4.79 Å². The third kappa shape index (κ3) is 2.29. The van der Waals surface area contributed by atoms with Crippen molar-refractivity contribution >= 4 is 11.9 Å². The van der Waals surface area contributed by atoms with Crippen molar-refractivity contribution in [3.63, 3.8) is 0 Å². The fourth-order valence-electron chi connectivity index (χ4n) is 0.922. The number of aliphatic carboxylic acids is 1. The van der Waals surface area contributed by atoms with E-state index in [0.717, 1.165) is 12.1 Å². The normalized spacial score (nSPS) is 9.75. The molecule has 1 heterocycles. The molecule has 0 aliphatic rings. The Morgan fingerprint density at radius 3 is 2.44 bits per heavy atom. The molecule has 0 saturated heterocycles. The van der Waals surface area contributed by atoms with Crippen molar-refractivity contribution in [3.05, 3.63) is 28.2 Å². The van der Waals surface area contributed by atoms with Gasteiger partial charge in [0.1, 0.15) is 0 Å². The summed E-state index contributed by atoms with van der Waals surface area (Å²) in [6.45, 7) is -0.762. The van der Waals surface area contributed by atoms with Crippen LogP contribution in [0.15, 0.2) is 16.9 Å². The first-order chi connectivity index (χ1) is 7.43. The molecule has 0 spiro atoms. The number of aromatic nitrogens is 1. The molecular formula is C8H7NO7. The molecule has 0 radical (unpaired) electrons. The van der Waals surface area contributed by atoms with Crippen LogP contribution in [0.3, 0.4) is 0 Å². The molecular weight excluding hydrogens is 222 g/mol. The van der Waals surface area contributed by atoms with Gasteiger partial charge in [0.15, 0.2) is 18.1 Å². The Kier molecular flexibility index (Phi) is 3.14. The van der Waals surface area contributed by atoms with Gasteiger partial charge in [0.05, 0.1) is 0 Å². The molecule has 1 aromatic heterocycles. The SMILES string of the molecule is O=C(O)COc1ccc(C(=O)O)n(O)c1=O. The molecule has 0 amide bonds. The third-order valence-corrected chi connectivity index (χ3v) is 1.59. The van der Waals surface area contributed by atoms with Crippen molar-refractivity contribution in [1.29, 1.82) is 0 Å². The van der Waals surface area contributed by atoms with Crippen molar-refractivity contribution in [2.75, 3.05) is 6.61 Å². The van der Waals surface area contributed by atoms with Crippen LogP contribution >= 0.6 is 0 Å². The zero-order valence-corrected chi connectivity index (χ0v) is 7.78. The standard InChI is InChI=1S/C8H7NO7/c10-6(11)3-16-5-2-1-4(8(13)14)9(15)7(5)12/h1-2,15H,3H2,(H,10,11)(H,13,14). The minimum absolute atomic E-state index is 0.125. The van der Waals surface area contributed by atoms with Gasteiger partial charge in [0.2, 0.25) is 0 Å². The van der Waals surface area contributed by atoms with Gasteiger partial charge in [0.25, 0.3) is 0 Å². The summed E-state index contributed by atoms with van der Waals surface area (Å²) in [7, 11) is 0. The van der Waals surface area contributed by atoms with Crippen molar-refractivity contribution in [1.82, 2.24) is 4.73 Å². The average Bonchev–Trinajstić information content (AvgIpc) is 2.19. The van der Waals surface area contributed by atoms with E-state index in [4.69, 9.17) is 15.4 Å². The highest BCUT2D eigenvalue weighted by Gasteiger charge is 2.14. The molecule has 0 aliphatic carbocycles. The Bertz CT molecular complexity index is 490. The molecule has 0 fully saturated rings. The molecule has 0 atom stereocenters. The lowest BCUT2D eigenvalue weighted by molar-refractivity contribution is -0.139. The fraction of sp³-hybridized carbons (Fsp3) is 0.125. The van der Waals surface area contributed by atoms with Crippen molar-refractivity contribution in [3.8, 4) is 5.75 Å². The molecule has 86 valence electrons. The van der Waals surface area contributed by atoms with E-state index < -0.39 is 35.5 Å². The van der Waals surface area contributed by atoms with Crippen molar-refractivity contribution in [2.45, 2.75) is 0 Å². The zero-order chi connectivity index (χ0) is 12.3. The lowest BCUT2D eigenvalue weighted by atomic mass is 10.3. The quantitative estimate of drug-likeness (QED) is 0.579. The molecule has 3 N–H and O–H groups in total. The number of carboxylic acid groups (broad SMARTS) is 2. The molecule has 16 heavy (non-hydrogen) atoms. The first kappa shape index (κ1) is 11.6. The molecule has 1 rings (SSSR count). The van der Waals surface area contributed by atoms with Gasteiger partial charge in [-0.2, -0.15) is 0 Å². The van der Waals surface area contributed by atoms with Crippen molar-refractivity contribution in [2.24, 2.45) is 0 Å². The Balaban J connectivity index is 3.07. The number of rotatable bonds is 4. The highest BCUT2D eigenvalue weighted by Crippen LogP contribution is 2.05. The topological polar surface area (TPSA) is 126 Å². The fourth-order valence-corrected chi connectivity index (χ4v) is 0.922. The first-order valence-electron chi connectivity index (χ1n) is 3.96. The van der Waals surface area contributed by atoms with E-state index >= 15 is 0 Å². The van der Waals surface area contributed by atoms with E-state index in [1.807, 2.05) is 0 Å². The molecule has 0 unspecified atom stereocenters. The Morgan fingerprint density at radius 2 is 1.94 bits per heavy atom. The average molecular weight is 229 g/mol. The number of pyridine rings is 1. The molecule has 0 bridgehead atoms. The van der Waals surface area contributed by atoms with Gasteiger partial charge in [-0.1, -0.05) is 0 Å². The van der Waals surface area contributed by atoms with Crippen LogP contribution in [0.5, 0.6) is 5.75 Å². The second kappa shape index (κ2) is 4.34. The van der Waals surface area contributed by atoms with E-state index in [0.29, 0.717) is 0 Å². The molecule has 8 nitrogen and oxygen atoms in total. The minimum atomic E-state index is -1.50.